The summed E-state index contributed by atoms with van der Waals surface area (Å²) in [6.45, 7) is 4.26. The lowest BCUT2D eigenvalue weighted by atomic mass is 10.0. The second-order valence-electron chi connectivity index (χ2n) is 6.82. The lowest BCUT2D eigenvalue weighted by molar-refractivity contribution is -0.129. The maximum atomic E-state index is 12.2. The van der Waals surface area contributed by atoms with Crippen LogP contribution >= 0.6 is 11.6 Å². The summed E-state index contributed by atoms with van der Waals surface area (Å²) in [4.78, 5) is 16.5. The number of aliphatic imine (C=N–C) groups is 1. The molecule has 0 spiro atoms. The Hall–Kier alpha value is -3.11. The van der Waals surface area contributed by atoms with Crippen molar-refractivity contribution < 1.29 is 13.9 Å². The van der Waals surface area contributed by atoms with Gasteiger partial charge in [0.2, 0.25) is 5.90 Å². The molecule has 0 amide bonds. The Morgan fingerprint density at radius 2 is 1.61 bits per heavy atom. The summed E-state index contributed by atoms with van der Waals surface area (Å²) in [6.07, 6.45) is 1.58. The molecule has 28 heavy (non-hydrogen) atoms. The van der Waals surface area contributed by atoms with Gasteiger partial charge in [-0.15, -0.1) is 0 Å². The van der Waals surface area contributed by atoms with Gasteiger partial charge in [0.05, 0.1) is 0 Å². The van der Waals surface area contributed by atoms with E-state index in [4.69, 9.17) is 20.8 Å². The maximum absolute atomic E-state index is 12.2. The van der Waals surface area contributed by atoms with Crippen LogP contribution in [0.2, 0.25) is 5.02 Å². The fourth-order valence-electron chi connectivity index (χ4n) is 2.88. The molecule has 140 valence electrons. The van der Waals surface area contributed by atoms with Gasteiger partial charge in [0.15, 0.2) is 5.70 Å². The summed E-state index contributed by atoms with van der Waals surface area (Å²) >= 11 is 5.92. The van der Waals surface area contributed by atoms with E-state index in [2.05, 4.69) is 18.8 Å². The van der Waals surface area contributed by atoms with Crippen LogP contribution in [0.15, 0.2) is 75.8 Å². The SMILES string of the molecule is CC(C)c1ccc(C2=N/C(=C\c3ccc(-c4ccc(Cl)cc4)o3)C(=O)O2)cc1. The number of halogens is 1. The standard InChI is InChI=1S/C23H18ClNO3/c1-14(2)15-3-5-17(6-4-15)22-25-20(23(26)28-22)13-19-11-12-21(27-19)16-7-9-18(24)10-8-16/h3-14H,1-2H3/b20-13-. The Kier molecular flexibility index (Phi) is 4.88. The van der Waals surface area contributed by atoms with E-state index in [1.807, 2.05) is 42.5 Å². The van der Waals surface area contributed by atoms with E-state index in [0.29, 0.717) is 28.4 Å². The second-order valence-corrected chi connectivity index (χ2v) is 7.26. The van der Waals surface area contributed by atoms with Gasteiger partial charge in [-0.1, -0.05) is 37.6 Å². The number of cyclic esters (lactones) is 1. The van der Waals surface area contributed by atoms with Crippen molar-refractivity contribution in [3.8, 4) is 11.3 Å². The van der Waals surface area contributed by atoms with E-state index in [1.165, 1.54) is 5.56 Å². The van der Waals surface area contributed by atoms with Gasteiger partial charge >= 0.3 is 5.97 Å². The molecule has 0 aliphatic carbocycles. The Bertz CT molecular complexity index is 1070. The molecule has 0 radical (unpaired) electrons. The van der Waals surface area contributed by atoms with Crippen molar-refractivity contribution in [3.05, 3.63) is 88.3 Å². The Morgan fingerprint density at radius 1 is 0.929 bits per heavy atom. The predicted molar refractivity (Wildman–Crippen MR) is 110 cm³/mol. The van der Waals surface area contributed by atoms with Crippen LogP contribution in [0.3, 0.4) is 0 Å². The average molecular weight is 392 g/mol. The minimum absolute atomic E-state index is 0.208. The van der Waals surface area contributed by atoms with Crippen molar-refractivity contribution in [2.45, 2.75) is 19.8 Å². The predicted octanol–water partition coefficient (Wildman–Crippen LogP) is 6.07. The lowest BCUT2D eigenvalue weighted by Crippen LogP contribution is -2.05. The zero-order valence-corrected chi connectivity index (χ0v) is 16.2. The van der Waals surface area contributed by atoms with Crippen LogP contribution in [-0.4, -0.2) is 11.9 Å². The number of carbonyl (C=O) groups excluding carboxylic acids is 1. The number of esters is 1. The molecule has 0 atom stereocenters. The number of carbonyl (C=O) groups is 1. The summed E-state index contributed by atoms with van der Waals surface area (Å²) in [5.41, 5.74) is 3.09. The summed E-state index contributed by atoms with van der Waals surface area (Å²) in [7, 11) is 0. The molecule has 0 unspecified atom stereocenters. The minimum Gasteiger partial charge on any atom is -0.457 e. The normalized spacial score (nSPS) is 15.2. The molecular formula is C23H18ClNO3. The molecule has 1 aromatic heterocycles. The van der Waals surface area contributed by atoms with Crippen LogP contribution in [0.4, 0.5) is 0 Å². The van der Waals surface area contributed by atoms with Gasteiger partial charge < -0.3 is 9.15 Å². The molecule has 0 N–H and O–H groups in total. The lowest BCUT2D eigenvalue weighted by Gasteiger charge is -2.05. The van der Waals surface area contributed by atoms with E-state index in [0.717, 1.165) is 11.1 Å². The molecule has 2 aromatic carbocycles. The van der Waals surface area contributed by atoms with Crippen molar-refractivity contribution in [1.82, 2.24) is 0 Å². The van der Waals surface area contributed by atoms with Crippen molar-refractivity contribution in [2.24, 2.45) is 4.99 Å². The number of furan rings is 1. The fraction of sp³-hybridized carbons (Fsp3) is 0.130. The van der Waals surface area contributed by atoms with E-state index >= 15 is 0 Å². The monoisotopic (exact) mass is 391 g/mol. The van der Waals surface area contributed by atoms with Gasteiger partial charge in [-0.05, 0) is 60.0 Å². The van der Waals surface area contributed by atoms with Gasteiger partial charge in [0.1, 0.15) is 11.5 Å². The first kappa shape index (κ1) is 18.3. The third-order valence-electron chi connectivity index (χ3n) is 4.48. The molecule has 3 aromatic rings. The van der Waals surface area contributed by atoms with Gasteiger partial charge in [-0.3, -0.25) is 0 Å². The van der Waals surface area contributed by atoms with Crippen molar-refractivity contribution in [3.63, 3.8) is 0 Å². The molecular weight excluding hydrogens is 374 g/mol. The molecule has 0 saturated heterocycles. The number of hydrogen-bond donors (Lipinski definition) is 0. The van der Waals surface area contributed by atoms with Crippen molar-refractivity contribution >= 4 is 29.5 Å². The average Bonchev–Trinajstić information content (AvgIpc) is 3.30. The summed E-state index contributed by atoms with van der Waals surface area (Å²) in [5.74, 6) is 1.45. The number of benzene rings is 2. The van der Waals surface area contributed by atoms with Gasteiger partial charge in [0.25, 0.3) is 0 Å². The molecule has 0 fully saturated rings. The van der Waals surface area contributed by atoms with E-state index in [9.17, 15) is 4.79 Å². The molecule has 4 rings (SSSR count). The summed E-state index contributed by atoms with van der Waals surface area (Å²) in [6, 6.07) is 18.8. The van der Waals surface area contributed by atoms with Crippen molar-refractivity contribution in [1.29, 1.82) is 0 Å². The number of rotatable bonds is 4. The highest BCUT2D eigenvalue weighted by molar-refractivity contribution is 6.30. The van der Waals surface area contributed by atoms with E-state index in [-0.39, 0.29) is 5.70 Å². The molecule has 0 bridgehead atoms. The fourth-order valence-corrected chi connectivity index (χ4v) is 3.00. The van der Waals surface area contributed by atoms with Crippen LogP contribution in [0.25, 0.3) is 17.4 Å². The molecule has 2 heterocycles. The van der Waals surface area contributed by atoms with Crippen LogP contribution in [0.1, 0.15) is 36.7 Å². The first-order valence-electron chi connectivity index (χ1n) is 8.98. The Balaban J connectivity index is 1.58. The number of nitrogens with zero attached hydrogens (tertiary/aromatic N) is 1. The Morgan fingerprint density at radius 3 is 2.29 bits per heavy atom. The quantitative estimate of drug-likeness (QED) is 0.400. The van der Waals surface area contributed by atoms with E-state index in [1.54, 1.807) is 24.3 Å². The summed E-state index contributed by atoms with van der Waals surface area (Å²) in [5, 5.41) is 0.662. The number of hydrogen-bond acceptors (Lipinski definition) is 4. The smallest absolute Gasteiger partial charge is 0.363 e. The zero-order chi connectivity index (χ0) is 19.7. The Labute approximate surface area is 168 Å². The number of ether oxygens (including phenoxy) is 1. The van der Waals surface area contributed by atoms with E-state index < -0.39 is 5.97 Å². The highest BCUT2D eigenvalue weighted by Gasteiger charge is 2.24. The molecule has 5 heteroatoms. The minimum atomic E-state index is -0.493. The van der Waals surface area contributed by atoms with Crippen LogP contribution in [0.5, 0.6) is 0 Å². The highest BCUT2D eigenvalue weighted by Crippen LogP contribution is 2.26. The molecule has 0 saturated carbocycles. The third kappa shape index (κ3) is 3.78. The maximum Gasteiger partial charge on any atom is 0.363 e. The van der Waals surface area contributed by atoms with Crippen LogP contribution in [-0.2, 0) is 9.53 Å². The first-order chi connectivity index (χ1) is 13.5. The molecule has 1 aliphatic rings. The third-order valence-corrected chi connectivity index (χ3v) is 4.73. The largest absolute Gasteiger partial charge is 0.457 e. The van der Waals surface area contributed by atoms with Crippen LogP contribution in [0, 0.1) is 0 Å². The second kappa shape index (κ2) is 7.49. The van der Waals surface area contributed by atoms with Crippen molar-refractivity contribution in [2.75, 3.05) is 0 Å². The topological polar surface area (TPSA) is 51.8 Å². The van der Waals surface area contributed by atoms with Crippen LogP contribution < -0.4 is 0 Å². The molecule has 4 nitrogen and oxygen atoms in total. The van der Waals surface area contributed by atoms with Gasteiger partial charge in [-0.25, -0.2) is 9.79 Å². The highest BCUT2D eigenvalue weighted by atomic mass is 35.5. The summed E-state index contributed by atoms with van der Waals surface area (Å²) < 4.78 is 11.1. The van der Waals surface area contributed by atoms with Gasteiger partial charge in [-0.2, -0.15) is 0 Å². The zero-order valence-electron chi connectivity index (χ0n) is 15.5. The first-order valence-corrected chi connectivity index (χ1v) is 9.36. The molecule has 1 aliphatic heterocycles. The van der Waals surface area contributed by atoms with Gasteiger partial charge in [0, 0.05) is 22.2 Å².